The van der Waals surface area contributed by atoms with Gasteiger partial charge in [0.15, 0.2) is 0 Å². The largest absolute Gasteiger partial charge is 0.352 e. The molecule has 3 heterocycles. The van der Waals surface area contributed by atoms with Crippen molar-refractivity contribution in [1.29, 1.82) is 0 Å². The van der Waals surface area contributed by atoms with E-state index < -0.39 is 11.6 Å². The molecule has 0 atom stereocenters. The summed E-state index contributed by atoms with van der Waals surface area (Å²) in [5, 5.41) is 3.01. The summed E-state index contributed by atoms with van der Waals surface area (Å²) >= 11 is 1.57. The van der Waals surface area contributed by atoms with Gasteiger partial charge in [-0.2, -0.15) is 0 Å². The summed E-state index contributed by atoms with van der Waals surface area (Å²) in [5.74, 6) is -0.567. The minimum atomic E-state index is -0.650. The van der Waals surface area contributed by atoms with E-state index >= 15 is 0 Å². The number of fused-ring (bicyclic) bond motifs is 1. The van der Waals surface area contributed by atoms with Crippen LogP contribution in [0.5, 0.6) is 0 Å². The van der Waals surface area contributed by atoms with Crippen LogP contribution < -0.4 is 4.90 Å². The van der Waals surface area contributed by atoms with Gasteiger partial charge in [0.1, 0.15) is 28.6 Å². The summed E-state index contributed by atoms with van der Waals surface area (Å²) in [6.07, 6.45) is 1.57. The van der Waals surface area contributed by atoms with Gasteiger partial charge < -0.3 is 9.80 Å². The van der Waals surface area contributed by atoms with Gasteiger partial charge in [0.2, 0.25) is 0 Å². The highest BCUT2D eigenvalue weighted by atomic mass is 32.1. The van der Waals surface area contributed by atoms with Gasteiger partial charge >= 0.3 is 0 Å². The van der Waals surface area contributed by atoms with Gasteiger partial charge in [0.05, 0.1) is 10.9 Å². The molecule has 0 spiro atoms. The maximum atomic E-state index is 14.2. The molecule has 1 saturated heterocycles. The van der Waals surface area contributed by atoms with Crippen LogP contribution in [0.1, 0.15) is 10.4 Å². The molecule has 0 bridgehead atoms. The van der Waals surface area contributed by atoms with E-state index in [9.17, 15) is 13.6 Å². The molecule has 5 nitrogen and oxygen atoms in total. The summed E-state index contributed by atoms with van der Waals surface area (Å²) < 4.78 is 28.3. The molecule has 2 aromatic heterocycles. The molecule has 0 saturated carbocycles. The molecular formula is C23H18F2N4OS. The Bertz CT molecular complexity index is 1250. The van der Waals surface area contributed by atoms with Crippen molar-refractivity contribution in [1.82, 2.24) is 14.9 Å². The zero-order chi connectivity index (χ0) is 21.4. The number of thiophene rings is 1. The zero-order valence-corrected chi connectivity index (χ0v) is 17.3. The van der Waals surface area contributed by atoms with Gasteiger partial charge in [-0.05, 0) is 41.3 Å². The highest BCUT2D eigenvalue weighted by Gasteiger charge is 2.24. The average molecular weight is 436 g/mol. The Morgan fingerprint density at radius 3 is 2.45 bits per heavy atom. The fourth-order valence-electron chi connectivity index (χ4n) is 3.91. The quantitative estimate of drug-likeness (QED) is 0.471. The highest BCUT2D eigenvalue weighted by molar-refractivity contribution is 7.16. The van der Waals surface area contributed by atoms with Crippen molar-refractivity contribution in [3.63, 3.8) is 0 Å². The molecule has 0 aliphatic carbocycles. The number of piperazine rings is 1. The molecule has 156 valence electrons. The number of amides is 1. The first-order valence-electron chi connectivity index (χ1n) is 9.89. The summed E-state index contributed by atoms with van der Waals surface area (Å²) in [4.78, 5) is 26.7. The Balaban J connectivity index is 1.34. The van der Waals surface area contributed by atoms with Crippen molar-refractivity contribution < 1.29 is 13.6 Å². The van der Waals surface area contributed by atoms with Crippen molar-refractivity contribution in [2.45, 2.75) is 0 Å². The number of halogens is 2. The second-order valence-electron chi connectivity index (χ2n) is 7.29. The Morgan fingerprint density at radius 2 is 1.68 bits per heavy atom. The normalized spacial score (nSPS) is 14.3. The lowest BCUT2D eigenvalue weighted by molar-refractivity contribution is 0.0746. The molecule has 0 N–H and O–H groups in total. The predicted octanol–water partition coefficient (Wildman–Crippen LogP) is 4.60. The molecule has 1 aliphatic rings. The van der Waals surface area contributed by atoms with E-state index in [-0.39, 0.29) is 11.5 Å². The lowest BCUT2D eigenvalue weighted by Gasteiger charge is -2.35. The number of aromatic nitrogens is 2. The summed E-state index contributed by atoms with van der Waals surface area (Å²) in [6.45, 7) is 2.37. The Kier molecular flexibility index (Phi) is 5.07. The maximum absolute atomic E-state index is 14.2. The van der Waals surface area contributed by atoms with Crippen molar-refractivity contribution in [2.75, 3.05) is 31.1 Å². The highest BCUT2D eigenvalue weighted by Crippen LogP contribution is 2.29. The van der Waals surface area contributed by atoms with E-state index in [1.54, 1.807) is 46.8 Å². The summed E-state index contributed by atoms with van der Waals surface area (Å²) in [6, 6.07) is 12.2. The minimum absolute atomic E-state index is 0.120. The number of carbonyl (C=O) groups excluding carboxylic acids is 1. The van der Waals surface area contributed by atoms with Crippen LogP contribution in [-0.2, 0) is 0 Å². The maximum Gasteiger partial charge on any atom is 0.253 e. The molecule has 8 heteroatoms. The molecule has 2 aromatic carbocycles. The lowest BCUT2D eigenvalue weighted by Crippen LogP contribution is -2.49. The van der Waals surface area contributed by atoms with E-state index in [0.29, 0.717) is 37.3 Å². The SMILES string of the molecule is O=C(c1cccc(-c2c(F)cccc2F)c1)N1CCN(c2ncnc3sccc23)CC1. The molecule has 0 radical (unpaired) electrons. The van der Waals surface area contributed by atoms with Crippen LogP contribution in [0.3, 0.4) is 0 Å². The van der Waals surface area contributed by atoms with Crippen molar-refractivity contribution in [3.05, 3.63) is 77.4 Å². The molecule has 1 amide bonds. The molecule has 4 aromatic rings. The lowest BCUT2D eigenvalue weighted by atomic mass is 10.0. The van der Waals surface area contributed by atoms with Crippen LogP contribution in [-0.4, -0.2) is 47.0 Å². The van der Waals surface area contributed by atoms with Gasteiger partial charge in [-0.1, -0.05) is 18.2 Å². The van der Waals surface area contributed by atoms with Crippen LogP contribution >= 0.6 is 11.3 Å². The van der Waals surface area contributed by atoms with Gasteiger partial charge in [0.25, 0.3) is 5.91 Å². The molecule has 5 rings (SSSR count). The number of anilines is 1. The molecule has 1 fully saturated rings. The number of nitrogens with zero attached hydrogens (tertiary/aromatic N) is 4. The second kappa shape index (κ2) is 8.03. The first-order valence-corrected chi connectivity index (χ1v) is 10.8. The van der Waals surface area contributed by atoms with Crippen molar-refractivity contribution in [3.8, 4) is 11.1 Å². The zero-order valence-electron chi connectivity index (χ0n) is 16.5. The third kappa shape index (κ3) is 3.63. The van der Waals surface area contributed by atoms with Gasteiger partial charge in [-0.3, -0.25) is 4.79 Å². The monoisotopic (exact) mass is 436 g/mol. The molecule has 0 unspecified atom stereocenters. The van der Waals surface area contributed by atoms with E-state index in [1.807, 2.05) is 11.4 Å². The third-order valence-electron chi connectivity index (χ3n) is 5.47. The molecule has 31 heavy (non-hydrogen) atoms. The van der Waals surface area contributed by atoms with Gasteiger partial charge in [-0.15, -0.1) is 11.3 Å². The van der Waals surface area contributed by atoms with Crippen LogP contribution in [0.15, 0.2) is 60.2 Å². The average Bonchev–Trinajstić information content (AvgIpc) is 3.28. The second-order valence-corrected chi connectivity index (χ2v) is 8.19. The number of benzene rings is 2. The van der Waals surface area contributed by atoms with Crippen LogP contribution in [0.25, 0.3) is 21.3 Å². The smallest absolute Gasteiger partial charge is 0.253 e. The topological polar surface area (TPSA) is 49.3 Å². The fraction of sp³-hybridized carbons (Fsp3) is 0.174. The number of carbonyl (C=O) groups is 1. The van der Waals surface area contributed by atoms with Crippen molar-refractivity contribution >= 4 is 33.3 Å². The summed E-state index contributed by atoms with van der Waals surface area (Å²) in [7, 11) is 0. The predicted molar refractivity (Wildman–Crippen MR) is 117 cm³/mol. The molecule has 1 aliphatic heterocycles. The molecular weight excluding hydrogens is 418 g/mol. The van der Waals surface area contributed by atoms with Gasteiger partial charge in [-0.25, -0.2) is 18.7 Å². The first-order chi connectivity index (χ1) is 15.1. The van der Waals surface area contributed by atoms with E-state index in [1.165, 1.54) is 18.2 Å². The van der Waals surface area contributed by atoms with Crippen LogP contribution in [0, 0.1) is 11.6 Å². The first kappa shape index (κ1) is 19.6. The number of hydrogen-bond acceptors (Lipinski definition) is 5. The Morgan fingerprint density at radius 1 is 0.935 bits per heavy atom. The summed E-state index contributed by atoms with van der Waals surface area (Å²) in [5.41, 5.74) is 0.641. The standard InChI is InChI=1S/C23H18F2N4OS/c24-18-5-2-6-19(25)20(18)15-3-1-4-16(13-15)23(30)29-10-8-28(9-11-29)21-17-7-12-31-22(17)27-14-26-21/h1-7,12-14H,8-11H2. The Hall–Kier alpha value is -3.39. The van der Waals surface area contributed by atoms with Crippen LogP contribution in [0.2, 0.25) is 0 Å². The van der Waals surface area contributed by atoms with Crippen molar-refractivity contribution in [2.24, 2.45) is 0 Å². The number of hydrogen-bond donors (Lipinski definition) is 0. The minimum Gasteiger partial charge on any atom is -0.352 e. The van der Waals surface area contributed by atoms with Gasteiger partial charge in [0, 0.05) is 31.7 Å². The van der Waals surface area contributed by atoms with E-state index in [2.05, 4.69) is 14.9 Å². The number of rotatable bonds is 3. The van der Waals surface area contributed by atoms with E-state index in [4.69, 9.17) is 0 Å². The van der Waals surface area contributed by atoms with E-state index in [0.717, 1.165) is 16.0 Å². The fourth-order valence-corrected chi connectivity index (χ4v) is 4.64. The van der Waals surface area contributed by atoms with Crippen LogP contribution in [0.4, 0.5) is 14.6 Å². The Labute approximate surface area is 181 Å². The third-order valence-corrected chi connectivity index (χ3v) is 6.29.